The first-order valence-electron chi connectivity index (χ1n) is 8.28. The molecule has 4 heteroatoms. The van der Waals surface area contributed by atoms with Crippen LogP contribution in [0.15, 0.2) is 18.2 Å². The van der Waals surface area contributed by atoms with E-state index in [1.54, 1.807) is 0 Å². The Balaban J connectivity index is 2.96. The number of unbranched alkanes of at least 4 members (excludes halogenated alkanes) is 1. The van der Waals surface area contributed by atoms with Crippen molar-refractivity contribution in [1.29, 1.82) is 0 Å². The molecule has 3 nitrogen and oxygen atoms in total. The van der Waals surface area contributed by atoms with Crippen LogP contribution in [0, 0.1) is 0 Å². The quantitative estimate of drug-likeness (QED) is 0.669. The minimum absolute atomic E-state index is 0.153. The van der Waals surface area contributed by atoms with E-state index in [2.05, 4.69) is 64.9 Å². The maximum atomic E-state index is 12.6. The number of aryl methyl sites for hydroxylation is 2. The molecule has 0 aliphatic heterocycles. The average Bonchev–Trinajstić information content (AvgIpc) is 2.50. The van der Waals surface area contributed by atoms with Gasteiger partial charge in [-0.2, -0.15) is 0 Å². The standard InChI is InChI=1S/C18H30N2OS/c1-6-9-13-18(4,5)19-17(21)20(22)16-14(7-2)11-10-12-15(16)8-3/h10-12,22H,6-9,13H2,1-5H3,(H,19,21). The van der Waals surface area contributed by atoms with Gasteiger partial charge in [-0.05, 0) is 44.2 Å². The van der Waals surface area contributed by atoms with Crippen LogP contribution in [0.4, 0.5) is 10.5 Å². The Morgan fingerprint density at radius 2 is 1.73 bits per heavy atom. The van der Waals surface area contributed by atoms with Crippen molar-refractivity contribution in [3.63, 3.8) is 0 Å². The molecule has 1 rings (SSSR count). The summed E-state index contributed by atoms with van der Waals surface area (Å²) < 4.78 is 1.48. The van der Waals surface area contributed by atoms with Gasteiger partial charge in [0.25, 0.3) is 0 Å². The fraction of sp³-hybridized carbons (Fsp3) is 0.611. The highest BCUT2D eigenvalue weighted by Gasteiger charge is 2.24. The lowest BCUT2D eigenvalue weighted by molar-refractivity contribution is 0.236. The van der Waals surface area contributed by atoms with Crippen LogP contribution in [-0.4, -0.2) is 11.6 Å². The Morgan fingerprint density at radius 3 is 2.18 bits per heavy atom. The number of nitrogens with one attached hydrogen (secondary N) is 1. The van der Waals surface area contributed by atoms with Gasteiger partial charge in [0.1, 0.15) is 0 Å². The number of rotatable bonds is 7. The van der Waals surface area contributed by atoms with Crippen molar-refractivity contribution < 1.29 is 4.79 Å². The molecule has 22 heavy (non-hydrogen) atoms. The second-order valence-electron chi connectivity index (χ2n) is 6.36. The molecule has 0 spiro atoms. The van der Waals surface area contributed by atoms with Crippen molar-refractivity contribution in [2.45, 2.75) is 72.3 Å². The number of hydrogen-bond acceptors (Lipinski definition) is 2. The van der Waals surface area contributed by atoms with Gasteiger partial charge in [0.15, 0.2) is 0 Å². The van der Waals surface area contributed by atoms with Gasteiger partial charge in [0, 0.05) is 5.54 Å². The molecule has 0 aliphatic rings. The summed E-state index contributed by atoms with van der Waals surface area (Å²) in [6.07, 6.45) is 4.96. The summed E-state index contributed by atoms with van der Waals surface area (Å²) in [5, 5.41) is 3.10. The lowest BCUT2D eigenvalue weighted by atomic mass is 9.97. The van der Waals surface area contributed by atoms with Gasteiger partial charge in [-0.15, -0.1) is 0 Å². The molecule has 1 aromatic rings. The monoisotopic (exact) mass is 322 g/mol. The van der Waals surface area contributed by atoms with Crippen LogP contribution < -0.4 is 9.62 Å². The number of hydrogen-bond donors (Lipinski definition) is 2. The first kappa shape index (κ1) is 18.9. The molecular weight excluding hydrogens is 292 g/mol. The zero-order valence-electron chi connectivity index (χ0n) is 14.6. The summed E-state index contributed by atoms with van der Waals surface area (Å²) in [4.78, 5) is 12.6. The van der Waals surface area contributed by atoms with Gasteiger partial charge >= 0.3 is 6.03 Å². The zero-order chi connectivity index (χ0) is 16.8. The van der Waals surface area contributed by atoms with Gasteiger partial charge in [0.05, 0.1) is 5.69 Å². The molecule has 0 atom stereocenters. The fourth-order valence-corrected chi connectivity index (χ4v) is 2.92. The van der Waals surface area contributed by atoms with E-state index in [9.17, 15) is 4.79 Å². The zero-order valence-corrected chi connectivity index (χ0v) is 15.5. The van der Waals surface area contributed by atoms with E-state index in [-0.39, 0.29) is 11.6 Å². The van der Waals surface area contributed by atoms with Gasteiger partial charge in [-0.1, -0.05) is 64.6 Å². The minimum atomic E-state index is -0.221. The lowest BCUT2D eigenvalue weighted by Gasteiger charge is -2.30. The molecule has 0 heterocycles. The van der Waals surface area contributed by atoms with Crippen LogP contribution in [0.25, 0.3) is 0 Å². The Kier molecular flexibility index (Phi) is 7.27. The molecule has 2 amide bonds. The highest BCUT2D eigenvalue weighted by atomic mass is 32.1. The second-order valence-corrected chi connectivity index (χ2v) is 6.76. The van der Waals surface area contributed by atoms with Crippen LogP contribution >= 0.6 is 12.8 Å². The number of amides is 2. The first-order chi connectivity index (χ1) is 10.4. The van der Waals surface area contributed by atoms with E-state index in [0.717, 1.165) is 48.9 Å². The molecule has 0 aliphatic carbocycles. The number of urea groups is 1. The van der Waals surface area contributed by atoms with Crippen molar-refractivity contribution in [2.75, 3.05) is 4.31 Å². The predicted molar refractivity (Wildman–Crippen MR) is 98.8 cm³/mol. The van der Waals surface area contributed by atoms with Crippen molar-refractivity contribution >= 4 is 24.5 Å². The van der Waals surface area contributed by atoms with Crippen molar-refractivity contribution in [3.8, 4) is 0 Å². The highest BCUT2D eigenvalue weighted by molar-refractivity contribution is 7.82. The summed E-state index contributed by atoms with van der Waals surface area (Å²) in [6.45, 7) is 10.5. The van der Waals surface area contributed by atoms with Crippen molar-refractivity contribution in [1.82, 2.24) is 5.32 Å². The van der Waals surface area contributed by atoms with E-state index >= 15 is 0 Å². The van der Waals surface area contributed by atoms with Crippen molar-refractivity contribution in [2.24, 2.45) is 0 Å². The van der Waals surface area contributed by atoms with Crippen LogP contribution in [0.3, 0.4) is 0 Å². The third kappa shape index (κ3) is 4.94. The summed E-state index contributed by atoms with van der Waals surface area (Å²) in [5.41, 5.74) is 3.01. The van der Waals surface area contributed by atoms with E-state index in [4.69, 9.17) is 0 Å². The van der Waals surface area contributed by atoms with Gasteiger partial charge < -0.3 is 5.32 Å². The number of para-hydroxylation sites is 1. The third-order valence-corrected chi connectivity index (χ3v) is 4.35. The predicted octanol–water partition coefficient (Wildman–Crippen LogP) is 5.14. The van der Waals surface area contributed by atoms with E-state index in [1.165, 1.54) is 4.31 Å². The number of anilines is 1. The van der Waals surface area contributed by atoms with Crippen LogP contribution in [0.5, 0.6) is 0 Å². The SMILES string of the molecule is CCCCC(C)(C)NC(=O)N(S)c1c(CC)cccc1CC. The molecule has 0 bridgehead atoms. The molecular formula is C18H30N2OS. The van der Waals surface area contributed by atoms with Gasteiger partial charge in [-0.3, -0.25) is 0 Å². The normalized spacial score (nSPS) is 11.4. The van der Waals surface area contributed by atoms with Crippen LogP contribution in [0.1, 0.15) is 65.0 Å². The number of carbonyl (C=O) groups excluding carboxylic acids is 1. The smallest absolute Gasteiger partial charge is 0.332 e. The molecule has 0 aromatic heterocycles. The molecule has 124 valence electrons. The minimum Gasteiger partial charge on any atom is -0.332 e. The molecule has 0 saturated carbocycles. The fourth-order valence-electron chi connectivity index (χ4n) is 2.61. The lowest BCUT2D eigenvalue weighted by Crippen LogP contribution is -2.48. The maximum absolute atomic E-state index is 12.6. The van der Waals surface area contributed by atoms with E-state index < -0.39 is 0 Å². The van der Waals surface area contributed by atoms with Crippen LogP contribution in [-0.2, 0) is 12.8 Å². The molecule has 1 aromatic carbocycles. The van der Waals surface area contributed by atoms with Crippen molar-refractivity contribution in [3.05, 3.63) is 29.3 Å². The maximum Gasteiger partial charge on any atom is 0.332 e. The molecule has 0 fully saturated rings. The average molecular weight is 323 g/mol. The number of carbonyl (C=O) groups is 1. The number of nitrogens with zero attached hydrogens (tertiary/aromatic N) is 1. The topological polar surface area (TPSA) is 32.3 Å². The first-order valence-corrected chi connectivity index (χ1v) is 8.68. The largest absolute Gasteiger partial charge is 0.332 e. The Labute approximate surface area is 141 Å². The van der Waals surface area contributed by atoms with Gasteiger partial charge in [0.2, 0.25) is 0 Å². The van der Waals surface area contributed by atoms with E-state index in [1.807, 2.05) is 6.07 Å². The summed E-state index contributed by atoms with van der Waals surface area (Å²) >= 11 is 4.49. The Bertz CT molecular complexity index is 478. The Hall–Kier alpha value is -1.16. The molecule has 0 saturated heterocycles. The summed E-state index contributed by atoms with van der Waals surface area (Å²) in [5.74, 6) is 0. The molecule has 0 radical (unpaired) electrons. The van der Waals surface area contributed by atoms with Crippen LogP contribution in [0.2, 0.25) is 0 Å². The number of benzene rings is 1. The molecule has 0 unspecified atom stereocenters. The number of thiol groups is 1. The highest BCUT2D eigenvalue weighted by Crippen LogP contribution is 2.29. The van der Waals surface area contributed by atoms with Gasteiger partial charge in [-0.25, -0.2) is 9.10 Å². The Morgan fingerprint density at radius 1 is 1.18 bits per heavy atom. The summed E-state index contributed by atoms with van der Waals surface area (Å²) in [7, 11) is 0. The summed E-state index contributed by atoms with van der Waals surface area (Å²) in [6, 6.07) is 6.02. The third-order valence-electron chi connectivity index (χ3n) is 3.97. The second kappa shape index (κ2) is 8.47. The van der Waals surface area contributed by atoms with E-state index in [0.29, 0.717) is 0 Å². The molecule has 1 N–H and O–H groups in total.